The fraction of sp³-hybridized carbons (Fsp3) is 0.125. The molecule has 0 bridgehead atoms. The van der Waals surface area contributed by atoms with Gasteiger partial charge in [0.25, 0.3) is 0 Å². The summed E-state index contributed by atoms with van der Waals surface area (Å²) in [6.45, 7) is 1.43. The van der Waals surface area contributed by atoms with E-state index in [2.05, 4.69) is 0 Å². The van der Waals surface area contributed by atoms with E-state index in [1.54, 1.807) is 0 Å². The number of hydrogen-bond acceptors (Lipinski definition) is 3. The van der Waals surface area contributed by atoms with Crippen LogP contribution in [0, 0.1) is 6.92 Å². The van der Waals surface area contributed by atoms with Crippen LogP contribution in [0.1, 0.15) is 15.9 Å². The number of carboxylic acids is 1. The first kappa shape index (κ1) is 8.39. The zero-order valence-corrected chi connectivity index (χ0v) is 6.40. The number of aromatic carboxylic acids is 1. The van der Waals surface area contributed by atoms with Gasteiger partial charge in [-0.1, -0.05) is 0 Å². The fourth-order valence-corrected chi connectivity index (χ4v) is 0.956. The predicted molar refractivity (Wildman–Crippen MR) is 41.5 cm³/mol. The molecule has 0 spiro atoms. The van der Waals surface area contributed by atoms with Gasteiger partial charge >= 0.3 is 5.97 Å². The molecule has 0 radical (unpaired) electrons. The predicted octanol–water partition coefficient (Wildman–Crippen LogP) is 1.10. The van der Waals surface area contributed by atoms with Crippen LogP contribution in [0.15, 0.2) is 12.1 Å². The Hall–Kier alpha value is -1.71. The Balaban J connectivity index is 3.43. The Kier molecular flexibility index (Phi) is 1.91. The Bertz CT molecular complexity index is 330. The summed E-state index contributed by atoms with van der Waals surface area (Å²) in [4.78, 5) is 10.5. The second kappa shape index (κ2) is 2.73. The molecule has 0 atom stereocenters. The molecule has 0 saturated heterocycles. The molecule has 0 aliphatic carbocycles. The topological polar surface area (TPSA) is 77.8 Å². The first-order chi connectivity index (χ1) is 5.54. The smallest absolute Gasteiger partial charge is 0.339 e. The third-order valence-electron chi connectivity index (χ3n) is 1.63. The van der Waals surface area contributed by atoms with Gasteiger partial charge in [-0.3, -0.25) is 0 Å². The van der Waals surface area contributed by atoms with E-state index >= 15 is 0 Å². The lowest BCUT2D eigenvalue weighted by molar-refractivity contribution is 0.0692. The number of hydrogen-bond donors (Lipinski definition) is 3. The number of carbonyl (C=O) groups is 1. The molecular weight excluding hydrogens is 160 g/mol. The molecule has 0 saturated carbocycles. The number of carboxylic acid groups (broad SMARTS) is 1. The summed E-state index contributed by atoms with van der Waals surface area (Å²) in [5, 5.41) is 26.8. The van der Waals surface area contributed by atoms with Gasteiger partial charge in [0.2, 0.25) is 0 Å². The molecule has 1 aromatic carbocycles. The minimum absolute atomic E-state index is 0.134. The van der Waals surface area contributed by atoms with E-state index in [1.165, 1.54) is 13.0 Å². The van der Waals surface area contributed by atoms with Crippen molar-refractivity contribution >= 4 is 5.97 Å². The third kappa shape index (κ3) is 1.18. The van der Waals surface area contributed by atoms with E-state index in [0.717, 1.165) is 6.07 Å². The van der Waals surface area contributed by atoms with Gasteiger partial charge in [0.15, 0.2) is 0 Å². The molecule has 0 aliphatic heterocycles. The van der Waals surface area contributed by atoms with Gasteiger partial charge < -0.3 is 15.3 Å². The lowest BCUT2D eigenvalue weighted by Gasteiger charge is -2.04. The molecule has 0 unspecified atom stereocenters. The van der Waals surface area contributed by atoms with Crippen molar-refractivity contribution in [3.63, 3.8) is 0 Å². The molecule has 0 fully saturated rings. The first-order valence-corrected chi connectivity index (χ1v) is 3.29. The van der Waals surface area contributed by atoms with Crippen LogP contribution >= 0.6 is 0 Å². The van der Waals surface area contributed by atoms with Crippen LogP contribution in [0.25, 0.3) is 0 Å². The van der Waals surface area contributed by atoms with Gasteiger partial charge in [-0.25, -0.2) is 4.79 Å². The van der Waals surface area contributed by atoms with E-state index in [0.29, 0.717) is 0 Å². The highest BCUT2D eigenvalue weighted by atomic mass is 16.4. The molecule has 0 aliphatic rings. The number of benzene rings is 1. The maximum absolute atomic E-state index is 10.5. The maximum atomic E-state index is 10.5. The normalized spacial score (nSPS) is 9.75. The Morgan fingerprint density at radius 3 is 2.17 bits per heavy atom. The molecule has 64 valence electrons. The third-order valence-corrected chi connectivity index (χ3v) is 1.63. The fourth-order valence-electron chi connectivity index (χ4n) is 0.956. The van der Waals surface area contributed by atoms with Crippen LogP contribution in [0.3, 0.4) is 0 Å². The summed E-state index contributed by atoms with van der Waals surface area (Å²) in [5.74, 6) is -1.72. The van der Waals surface area contributed by atoms with E-state index in [-0.39, 0.29) is 22.6 Å². The number of phenolic OH excluding ortho intramolecular Hbond substituents is 1. The summed E-state index contributed by atoms with van der Waals surface area (Å²) < 4.78 is 0. The van der Waals surface area contributed by atoms with Crippen molar-refractivity contribution in [2.45, 2.75) is 6.92 Å². The quantitative estimate of drug-likeness (QED) is 0.549. The van der Waals surface area contributed by atoms with Gasteiger partial charge in [-0.05, 0) is 19.1 Å². The van der Waals surface area contributed by atoms with Crippen molar-refractivity contribution in [2.75, 3.05) is 0 Å². The highest BCUT2D eigenvalue weighted by Gasteiger charge is 2.14. The van der Waals surface area contributed by atoms with E-state index < -0.39 is 5.97 Å². The molecule has 0 aromatic heterocycles. The summed E-state index contributed by atoms with van der Waals surface area (Å²) >= 11 is 0. The van der Waals surface area contributed by atoms with E-state index in [4.69, 9.17) is 15.3 Å². The largest absolute Gasteiger partial charge is 0.508 e. The Morgan fingerprint density at radius 2 is 1.75 bits per heavy atom. The van der Waals surface area contributed by atoms with E-state index in [9.17, 15) is 4.79 Å². The second-order valence-corrected chi connectivity index (χ2v) is 2.41. The molecule has 0 amide bonds. The highest BCUT2D eigenvalue weighted by molar-refractivity contribution is 5.93. The summed E-state index contributed by atoms with van der Waals surface area (Å²) in [5.41, 5.74) is -0.0856. The van der Waals surface area contributed by atoms with Crippen molar-refractivity contribution in [1.29, 1.82) is 0 Å². The van der Waals surface area contributed by atoms with Gasteiger partial charge in [-0.15, -0.1) is 0 Å². The average Bonchev–Trinajstić information content (AvgIpc) is 1.97. The van der Waals surface area contributed by atoms with Gasteiger partial charge in [-0.2, -0.15) is 0 Å². The van der Waals surface area contributed by atoms with Crippen molar-refractivity contribution in [3.05, 3.63) is 23.3 Å². The van der Waals surface area contributed by atoms with Gasteiger partial charge in [0.1, 0.15) is 17.1 Å². The SMILES string of the molecule is Cc1c(O)ccc(O)c1C(=O)O. The van der Waals surface area contributed by atoms with Crippen LogP contribution in [0.2, 0.25) is 0 Å². The average molecular weight is 168 g/mol. The molecule has 12 heavy (non-hydrogen) atoms. The van der Waals surface area contributed by atoms with Crippen LogP contribution in [0.5, 0.6) is 11.5 Å². The summed E-state index contributed by atoms with van der Waals surface area (Å²) in [6.07, 6.45) is 0. The van der Waals surface area contributed by atoms with E-state index in [1.807, 2.05) is 0 Å². The van der Waals surface area contributed by atoms with Crippen LogP contribution < -0.4 is 0 Å². The molecule has 4 heteroatoms. The van der Waals surface area contributed by atoms with Crippen molar-refractivity contribution in [3.8, 4) is 11.5 Å². The lowest BCUT2D eigenvalue weighted by atomic mass is 10.1. The minimum Gasteiger partial charge on any atom is -0.508 e. The first-order valence-electron chi connectivity index (χ1n) is 3.29. The monoisotopic (exact) mass is 168 g/mol. The molecule has 1 aromatic rings. The van der Waals surface area contributed by atoms with Crippen molar-refractivity contribution in [1.82, 2.24) is 0 Å². The molecule has 3 N–H and O–H groups in total. The molecular formula is C8H8O4. The zero-order valence-electron chi connectivity index (χ0n) is 6.40. The van der Waals surface area contributed by atoms with Gasteiger partial charge in [0, 0.05) is 5.56 Å². The number of rotatable bonds is 1. The molecule has 4 nitrogen and oxygen atoms in total. The van der Waals surface area contributed by atoms with Gasteiger partial charge in [0.05, 0.1) is 0 Å². The number of phenols is 2. The summed E-state index contributed by atoms with van der Waals surface area (Å²) in [6, 6.07) is 2.39. The molecule has 1 rings (SSSR count). The minimum atomic E-state index is -1.25. The van der Waals surface area contributed by atoms with Crippen LogP contribution in [-0.4, -0.2) is 21.3 Å². The number of aromatic hydroxyl groups is 2. The van der Waals surface area contributed by atoms with Crippen molar-refractivity contribution < 1.29 is 20.1 Å². The zero-order chi connectivity index (χ0) is 9.30. The Morgan fingerprint density at radius 1 is 1.25 bits per heavy atom. The van der Waals surface area contributed by atoms with Crippen LogP contribution in [-0.2, 0) is 0 Å². The van der Waals surface area contributed by atoms with Crippen LogP contribution in [0.4, 0.5) is 0 Å². The standard InChI is InChI=1S/C8H8O4/c1-4-5(9)2-3-6(10)7(4)8(11)12/h2-3,9-10H,1H3,(H,11,12). The maximum Gasteiger partial charge on any atom is 0.339 e. The molecule has 0 heterocycles. The second-order valence-electron chi connectivity index (χ2n) is 2.41. The Labute approximate surface area is 68.7 Å². The van der Waals surface area contributed by atoms with Crippen molar-refractivity contribution in [2.24, 2.45) is 0 Å². The summed E-state index contributed by atoms with van der Waals surface area (Å²) in [7, 11) is 0. The highest BCUT2D eigenvalue weighted by Crippen LogP contribution is 2.27. The lowest BCUT2D eigenvalue weighted by Crippen LogP contribution is -1.99.